The van der Waals surface area contributed by atoms with Crippen LogP contribution in [0.4, 0.5) is 0 Å². The molecule has 0 aliphatic heterocycles. The Balaban J connectivity index is 2.17. The van der Waals surface area contributed by atoms with Crippen molar-refractivity contribution >= 4 is 44.6 Å². The number of methoxy groups -OCH3 is 1. The molecule has 28 heavy (non-hydrogen) atoms. The number of aromatic nitrogens is 2. The number of nitrogens with zero attached hydrogens (tertiary/aromatic N) is 3. The van der Waals surface area contributed by atoms with Gasteiger partial charge in [0.1, 0.15) is 5.82 Å². The van der Waals surface area contributed by atoms with Gasteiger partial charge in [0.25, 0.3) is 5.56 Å². The monoisotopic (exact) mass is 463 g/mol. The molecule has 8 heteroatoms. The van der Waals surface area contributed by atoms with E-state index in [0.717, 1.165) is 4.47 Å². The van der Waals surface area contributed by atoms with E-state index in [0.29, 0.717) is 51.8 Å². The van der Waals surface area contributed by atoms with Crippen molar-refractivity contribution in [3.8, 4) is 11.5 Å². The Morgan fingerprint density at radius 3 is 2.75 bits per heavy atom. The smallest absolute Gasteiger partial charge is 0.282 e. The minimum Gasteiger partial charge on any atom is -0.493 e. The van der Waals surface area contributed by atoms with Crippen LogP contribution in [0.2, 0.25) is 5.02 Å². The molecule has 0 radical (unpaired) electrons. The van der Waals surface area contributed by atoms with Crippen molar-refractivity contribution < 1.29 is 9.47 Å². The van der Waals surface area contributed by atoms with Crippen LogP contribution >= 0.6 is 27.5 Å². The lowest BCUT2D eigenvalue weighted by Crippen LogP contribution is -2.22. The minimum atomic E-state index is -0.244. The number of hydrogen-bond acceptors (Lipinski definition) is 5. The first-order valence-electron chi connectivity index (χ1n) is 8.74. The molecule has 0 atom stereocenters. The van der Waals surface area contributed by atoms with Gasteiger partial charge in [0.15, 0.2) is 11.5 Å². The molecule has 6 nitrogen and oxygen atoms in total. The first-order chi connectivity index (χ1) is 13.5. The summed E-state index contributed by atoms with van der Waals surface area (Å²) in [6, 6.07) is 8.78. The first kappa shape index (κ1) is 20.4. The molecule has 0 saturated heterocycles. The zero-order chi connectivity index (χ0) is 20.3. The number of benzene rings is 2. The standard InChI is InChI=1S/C20H19BrClN3O3/c1-4-18-24-16-7-6-13(21)9-15(16)20(26)25(18)23-11-12-8-14(22)10-17(27-3)19(12)28-5-2/h6-11H,4-5H2,1-3H3. The van der Waals surface area contributed by atoms with E-state index in [1.807, 2.05) is 26.0 Å². The van der Waals surface area contributed by atoms with Crippen molar-refractivity contribution in [2.24, 2.45) is 5.10 Å². The van der Waals surface area contributed by atoms with Crippen molar-refractivity contribution in [1.29, 1.82) is 0 Å². The Labute approximate surface area is 175 Å². The number of halogens is 2. The van der Waals surface area contributed by atoms with E-state index >= 15 is 0 Å². The van der Waals surface area contributed by atoms with Crippen LogP contribution in [-0.4, -0.2) is 29.6 Å². The lowest BCUT2D eigenvalue weighted by molar-refractivity contribution is 0.310. The molecule has 0 spiro atoms. The Morgan fingerprint density at radius 1 is 1.29 bits per heavy atom. The lowest BCUT2D eigenvalue weighted by atomic mass is 10.2. The van der Waals surface area contributed by atoms with E-state index in [-0.39, 0.29) is 5.56 Å². The van der Waals surface area contributed by atoms with Crippen LogP contribution in [0.1, 0.15) is 25.2 Å². The Hall–Kier alpha value is -2.38. The summed E-state index contributed by atoms with van der Waals surface area (Å²) in [6.45, 7) is 4.25. The largest absolute Gasteiger partial charge is 0.493 e. The molecule has 0 aliphatic rings. The normalized spacial score (nSPS) is 11.3. The van der Waals surface area contributed by atoms with Crippen molar-refractivity contribution in [3.05, 3.63) is 61.6 Å². The van der Waals surface area contributed by atoms with Crippen LogP contribution in [0.3, 0.4) is 0 Å². The summed E-state index contributed by atoms with van der Waals surface area (Å²) in [4.78, 5) is 17.6. The van der Waals surface area contributed by atoms with Gasteiger partial charge in [0, 0.05) is 27.5 Å². The molecule has 2 aromatic carbocycles. The van der Waals surface area contributed by atoms with Gasteiger partial charge in [0.05, 0.1) is 30.8 Å². The van der Waals surface area contributed by atoms with Gasteiger partial charge in [-0.05, 0) is 31.2 Å². The van der Waals surface area contributed by atoms with Gasteiger partial charge in [-0.25, -0.2) is 4.98 Å². The van der Waals surface area contributed by atoms with Crippen LogP contribution in [0.15, 0.2) is 44.7 Å². The SMILES string of the molecule is CCOc1c(C=Nn2c(CC)nc3ccc(Br)cc3c2=O)cc(Cl)cc1OC. The van der Waals surface area contributed by atoms with Gasteiger partial charge < -0.3 is 9.47 Å². The predicted octanol–water partition coefficient (Wildman–Crippen LogP) is 4.66. The van der Waals surface area contributed by atoms with E-state index < -0.39 is 0 Å². The zero-order valence-electron chi connectivity index (χ0n) is 15.7. The molecule has 0 N–H and O–H groups in total. The van der Waals surface area contributed by atoms with E-state index in [9.17, 15) is 4.79 Å². The third-order valence-corrected chi connectivity index (χ3v) is 4.77. The highest BCUT2D eigenvalue weighted by Crippen LogP contribution is 2.33. The van der Waals surface area contributed by atoms with Crippen molar-refractivity contribution in [2.45, 2.75) is 20.3 Å². The average molecular weight is 465 g/mol. The van der Waals surface area contributed by atoms with Gasteiger partial charge in [-0.1, -0.05) is 34.5 Å². The highest BCUT2D eigenvalue weighted by Gasteiger charge is 2.13. The van der Waals surface area contributed by atoms with E-state index in [4.69, 9.17) is 21.1 Å². The van der Waals surface area contributed by atoms with Gasteiger partial charge in [-0.3, -0.25) is 4.79 Å². The maximum Gasteiger partial charge on any atom is 0.282 e. The maximum absolute atomic E-state index is 13.0. The van der Waals surface area contributed by atoms with Crippen LogP contribution in [0, 0.1) is 0 Å². The molecule has 0 saturated carbocycles. The molecule has 0 amide bonds. The lowest BCUT2D eigenvalue weighted by Gasteiger charge is -2.13. The number of aryl methyl sites for hydroxylation is 1. The summed E-state index contributed by atoms with van der Waals surface area (Å²) >= 11 is 9.58. The van der Waals surface area contributed by atoms with Crippen molar-refractivity contribution in [1.82, 2.24) is 9.66 Å². The Bertz CT molecular complexity index is 1110. The molecular weight excluding hydrogens is 446 g/mol. The molecule has 1 heterocycles. The summed E-state index contributed by atoms with van der Waals surface area (Å²) in [7, 11) is 1.54. The second kappa shape index (κ2) is 8.75. The van der Waals surface area contributed by atoms with Gasteiger partial charge >= 0.3 is 0 Å². The predicted molar refractivity (Wildman–Crippen MR) is 115 cm³/mol. The van der Waals surface area contributed by atoms with Crippen LogP contribution in [-0.2, 0) is 6.42 Å². The quantitative estimate of drug-likeness (QED) is 0.498. The first-order valence-corrected chi connectivity index (χ1v) is 9.91. The fourth-order valence-corrected chi connectivity index (χ4v) is 3.38. The zero-order valence-corrected chi connectivity index (χ0v) is 18.0. The van der Waals surface area contributed by atoms with Crippen molar-refractivity contribution in [2.75, 3.05) is 13.7 Å². The molecule has 0 fully saturated rings. The fourth-order valence-electron chi connectivity index (χ4n) is 2.80. The maximum atomic E-state index is 13.0. The number of fused-ring (bicyclic) bond motifs is 1. The van der Waals surface area contributed by atoms with Gasteiger partial charge in [-0.15, -0.1) is 0 Å². The summed E-state index contributed by atoms with van der Waals surface area (Å²) in [6.07, 6.45) is 2.08. The molecule has 3 aromatic rings. The Kier molecular flexibility index (Phi) is 6.36. The van der Waals surface area contributed by atoms with Crippen LogP contribution < -0.4 is 15.0 Å². The Morgan fingerprint density at radius 2 is 2.07 bits per heavy atom. The van der Waals surface area contributed by atoms with Gasteiger partial charge in [-0.2, -0.15) is 9.78 Å². The van der Waals surface area contributed by atoms with E-state index in [2.05, 4.69) is 26.0 Å². The third-order valence-electron chi connectivity index (χ3n) is 4.06. The van der Waals surface area contributed by atoms with Crippen LogP contribution in [0.5, 0.6) is 11.5 Å². The summed E-state index contributed by atoms with van der Waals surface area (Å²) in [5.74, 6) is 1.57. The minimum absolute atomic E-state index is 0.244. The van der Waals surface area contributed by atoms with Crippen LogP contribution in [0.25, 0.3) is 10.9 Å². The molecule has 0 unspecified atom stereocenters. The van der Waals surface area contributed by atoms with Crippen molar-refractivity contribution in [3.63, 3.8) is 0 Å². The molecule has 0 aliphatic carbocycles. The summed E-state index contributed by atoms with van der Waals surface area (Å²) in [5.41, 5.74) is 0.997. The molecule has 1 aromatic heterocycles. The summed E-state index contributed by atoms with van der Waals surface area (Å²) < 4.78 is 13.2. The molecule has 0 bridgehead atoms. The molecule has 146 valence electrons. The summed E-state index contributed by atoms with van der Waals surface area (Å²) in [5, 5.41) is 5.35. The highest BCUT2D eigenvalue weighted by atomic mass is 79.9. The van der Waals surface area contributed by atoms with Gasteiger partial charge in [0.2, 0.25) is 0 Å². The molecule has 3 rings (SSSR count). The number of ether oxygens (including phenoxy) is 2. The number of rotatable bonds is 6. The number of hydrogen-bond donors (Lipinski definition) is 0. The van der Waals surface area contributed by atoms with E-state index in [1.165, 1.54) is 10.9 Å². The topological polar surface area (TPSA) is 65.7 Å². The highest BCUT2D eigenvalue weighted by molar-refractivity contribution is 9.10. The second-order valence-corrected chi connectivity index (χ2v) is 7.22. The second-order valence-electron chi connectivity index (χ2n) is 5.86. The third kappa shape index (κ3) is 4.05. The van der Waals surface area contributed by atoms with E-state index in [1.54, 1.807) is 25.3 Å². The molecular formula is C20H19BrClN3O3. The fraction of sp³-hybridized carbons (Fsp3) is 0.250. The average Bonchev–Trinajstić information content (AvgIpc) is 2.69.